The first-order valence-corrected chi connectivity index (χ1v) is 6.77. The topological polar surface area (TPSA) is 39.2 Å². The van der Waals surface area contributed by atoms with Crippen LogP contribution in [0, 0.1) is 6.92 Å². The maximum Gasteiger partial charge on any atom is 0.195 e. The molecule has 3 nitrogen and oxygen atoms in total. The van der Waals surface area contributed by atoms with Crippen molar-refractivity contribution in [2.75, 3.05) is 0 Å². The molecule has 0 unspecified atom stereocenters. The van der Waals surface area contributed by atoms with E-state index in [9.17, 15) is 4.79 Å². The van der Waals surface area contributed by atoms with Crippen LogP contribution in [0.5, 0.6) is 5.75 Å². The second-order valence-corrected chi connectivity index (χ2v) is 5.30. The van der Waals surface area contributed by atoms with Crippen LogP contribution in [0.4, 0.5) is 0 Å². The van der Waals surface area contributed by atoms with E-state index in [2.05, 4.69) is 4.98 Å². The molecule has 1 aromatic heterocycles. The molecule has 2 aromatic rings. The smallest absolute Gasteiger partial charge is 0.195 e. The molecule has 20 heavy (non-hydrogen) atoms. The van der Waals surface area contributed by atoms with Crippen LogP contribution in [-0.2, 0) is 0 Å². The summed E-state index contributed by atoms with van der Waals surface area (Å²) in [6.07, 6.45) is 3.17. The summed E-state index contributed by atoms with van der Waals surface area (Å²) in [6, 6.07) is 6.98. The van der Waals surface area contributed by atoms with E-state index in [4.69, 9.17) is 16.3 Å². The molecule has 0 atom stereocenters. The quantitative estimate of drug-likeness (QED) is 0.797. The monoisotopic (exact) mass is 289 g/mol. The van der Waals surface area contributed by atoms with Gasteiger partial charge in [0.15, 0.2) is 5.78 Å². The van der Waals surface area contributed by atoms with Gasteiger partial charge in [-0.15, -0.1) is 0 Å². The van der Waals surface area contributed by atoms with Crippen molar-refractivity contribution >= 4 is 17.4 Å². The molecule has 0 spiro atoms. The number of pyridine rings is 1. The minimum absolute atomic E-state index is 0.0371. The minimum atomic E-state index is -0.105. The number of carbonyl (C=O) groups excluding carboxylic acids is 1. The van der Waals surface area contributed by atoms with Crippen molar-refractivity contribution < 1.29 is 9.53 Å². The Bertz CT molecular complexity index is 638. The second-order valence-electron chi connectivity index (χ2n) is 4.86. The van der Waals surface area contributed by atoms with Crippen molar-refractivity contribution in [3.63, 3.8) is 0 Å². The van der Waals surface area contributed by atoms with Crippen LogP contribution in [0.2, 0.25) is 5.02 Å². The third kappa shape index (κ3) is 3.36. The molecular weight excluding hydrogens is 274 g/mol. The first-order chi connectivity index (χ1) is 9.47. The Morgan fingerprint density at radius 2 is 2.00 bits per heavy atom. The largest absolute Gasteiger partial charge is 0.489 e. The number of carbonyl (C=O) groups is 1. The van der Waals surface area contributed by atoms with E-state index in [0.29, 0.717) is 21.9 Å². The zero-order valence-corrected chi connectivity index (χ0v) is 12.4. The van der Waals surface area contributed by atoms with Crippen LogP contribution >= 0.6 is 11.6 Å². The van der Waals surface area contributed by atoms with Crippen molar-refractivity contribution in [1.29, 1.82) is 0 Å². The fourth-order valence-corrected chi connectivity index (χ4v) is 2.05. The molecule has 0 radical (unpaired) electrons. The van der Waals surface area contributed by atoms with Crippen molar-refractivity contribution in [2.45, 2.75) is 26.9 Å². The van der Waals surface area contributed by atoms with Gasteiger partial charge in [0, 0.05) is 22.3 Å². The highest BCUT2D eigenvalue weighted by molar-refractivity contribution is 6.31. The van der Waals surface area contributed by atoms with Crippen molar-refractivity contribution in [1.82, 2.24) is 4.98 Å². The third-order valence-corrected chi connectivity index (χ3v) is 3.03. The summed E-state index contributed by atoms with van der Waals surface area (Å²) < 4.78 is 5.55. The number of hydrogen-bond acceptors (Lipinski definition) is 3. The zero-order valence-electron chi connectivity index (χ0n) is 11.7. The minimum Gasteiger partial charge on any atom is -0.489 e. The lowest BCUT2D eigenvalue weighted by Gasteiger charge is -2.10. The van der Waals surface area contributed by atoms with Gasteiger partial charge in [-0.05, 0) is 44.5 Å². The molecule has 0 saturated carbocycles. The maximum absolute atomic E-state index is 12.5. The summed E-state index contributed by atoms with van der Waals surface area (Å²) >= 11 is 5.96. The van der Waals surface area contributed by atoms with E-state index in [1.807, 2.05) is 26.8 Å². The fraction of sp³-hybridized carbons (Fsp3) is 0.250. The van der Waals surface area contributed by atoms with Gasteiger partial charge in [0.05, 0.1) is 12.3 Å². The van der Waals surface area contributed by atoms with Crippen LogP contribution in [-0.4, -0.2) is 16.9 Å². The van der Waals surface area contributed by atoms with Crippen molar-refractivity contribution in [2.24, 2.45) is 0 Å². The number of ketones is 1. The Hall–Kier alpha value is -1.87. The van der Waals surface area contributed by atoms with Gasteiger partial charge in [0.1, 0.15) is 5.75 Å². The van der Waals surface area contributed by atoms with Crippen LogP contribution in [0.25, 0.3) is 0 Å². The Morgan fingerprint density at radius 3 is 2.70 bits per heavy atom. The molecule has 0 aliphatic rings. The van der Waals surface area contributed by atoms with E-state index >= 15 is 0 Å². The number of benzene rings is 1. The molecular formula is C16H16ClNO2. The Labute approximate surface area is 123 Å². The molecule has 0 N–H and O–H groups in total. The summed E-state index contributed by atoms with van der Waals surface area (Å²) in [5.74, 6) is 0.484. The van der Waals surface area contributed by atoms with Gasteiger partial charge in [0.2, 0.25) is 0 Å². The Balaban J connectivity index is 2.35. The van der Waals surface area contributed by atoms with Gasteiger partial charge >= 0.3 is 0 Å². The predicted molar refractivity (Wildman–Crippen MR) is 79.6 cm³/mol. The SMILES string of the molecule is Cc1ccc(Cl)cc1C(=O)c1cncc(OC(C)C)c1. The van der Waals surface area contributed by atoms with E-state index in [1.54, 1.807) is 24.4 Å². The Kier molecular flexibility index (Phi) is 4.40. The molecule has 1 heterocycles. The standard InChI is InChI=1S/C16H16ClNO2/c1-10(2)20-14-6-12(8-18-9-14)16(19)15-7-13(17)5-4-11(15)3/h4-10H,1-3H3. The average molecular weight is 290 g/mol. The first kappa shape index (κ1) is 14.5. The summed E-state index contributed by atoms with van der Waals surface area (Å²) in [5, 5.41) is 0.543. The molecule has 0 bridgehead atoms. The van der Waals surface area contributed by atoms with Crippen molar-refractivity contribution in [3.05, 3.63) is 58.4 Å². The number of halogens is 1. The van der Waals surface area contributed by atoms with E-state index in [0.717, 1.165) is 5.56 Å². The molecule has 0 fully saturated rings. The number of aryl methyl sites for hydroxylation is 1. The molecule has 1 aromatic carbocycles. The number of nitrogens with zero attached hydrogens (tertiary/aromatic N) is 1. The fourth-order valence-electron chi connectivity index (χ4n) is 1.87. The van der Waals surface area contributed by atoms with Crippen molar-refractivity contribution in [3.8, 4) is 5.75 Å². The summed E-state index contributed by atoms with van der Waals surface area (Å²) in [7, 11) is 0. The van der Waals surface area contributed by atoms with E-state index < -0.39 is 0 Å². The highest BCUT2D eigenvalue weighted by Gasteiger charge is 2.14. The highest BCUT2D eigenvalue weighted by atomic mass is 35.5. The predicted octanol–water partition coefficient (Wildman–Crippen LogP) is 4.06. The second kappa shape index (κ2) is 6.06. The van der Waals surface area contributed by atoms with E-state index in [1.165, 1.54) is 6.20 Å². The third-order valence-electron chi connectivity index (χ3n) is 2.79. The molecule has 0 aliphatic carbocycles. The van der Waals surface area contributed by atoms with Crippen LogP contribution in [0.15, 0.2) is 36.7 Å². The molecule has 2 rings (SSSR count). The number of hydrogen-bond donors (Lipinski definition) is 0. The molecule has 0 aliphatic heterocycles. The van der Waals surface area contributed by atoms with Gasteiger partial charge in [-0.2, -0.15) is 0 Å². The zero-order chi connectivity index (χ0) is 14.7. The number of aromatic nitrogens is 1. The summed E-state index contributed by atoms with van der Waals surface area (Å²) in [5.41, 5.74) is 1.96. The summed E-state index contributed by atoms with van der Waals surface area (Å²) in [4.78, 5) is 16.6. The molecule has 4 heteroatoms. The van der Waals surface area contributed by atoms with Gasteiger partial charge in [0.25, 0.3) is 0 Å². The lowest BCUT2D eigenvalue weighted by atomic mass is 10.0. The normalized spacial score (nSPS) is 10.7. The van der Waals surface area contributed by atoms with Gasteiger partial charge < -0.3 is 4.74 Å². The Morgan fingerprint density at radius 1 is 1.25 bits per heavy atom. The first-order valence-electron chi connectivity index (χ1n) is 6.40. The van der Waals surface area contributed by atoms with Gasteiger partial charge in [-0.1, -0.05) is 17.7 Å². The molecule has 0 amide bonds. The lowest BCUT2D eigenvalue weighted by molar-refractivity contribution is 0.103. The van der Waals surface area contributed by atoms with Crippen LogP contribution in [0.3, 0.4) is 0 Å². The van der Waals surface area contributed by atoms with Gasteiger partial charge in [-0.25, -0.2) is 0 Å². The summed E-state index contributed by atoms with van der Waals surface area (Å²) in [6.45, 7) is 5.73. The molecule has 0 saturated heterocycles. The highest BCUT2D eigenvalue weighted by Crippen LogP contribution is 2.21. The number of rotatable bonds is 4. The maximum atomic E-state index is 12.5. The average Bonchev–Trinajstić information content (AvgIpc) is 2.40. The van der Waals surface area contributed by atoms with Crippen LogP contribution in [0.1, 0.15) is 35.3 Å². The number of ether oxygens (including phenoxy) is 1. The van der Waals surface area contributed by atoms with Gasteiger partial charge in [-0.3, -0.25) is 9.78 Å². The van der Waals surface area contributed by atoms with Crippen LogP contribution < -0.4 is 4.74 Å². The molecule has 104 valence electrons. The lowest BCUT2D eigenvalue weighted by Crippen LogP contribution is -2.08. The van der Waals surface area contributed by atoms with E-state index in [-0.39, 0.29) is 11.9 Å².